The first-order valence-electron chi connectivity index (χ1n) is 6.93. The first-order valence-corrected chi connectivity index (χ1v) is 6.93. The van der Waals surface area contributed by atoms with E-state index in [1.165, 1.54) is 0 Å². The molecule has 0 aromatic carbocycles. The molecule has 1 rings (SSSR count). The van der Waals surface area contributed by atoms with Gasteiger partial charge in [0.25, 0.3) is 0 Å². The van der Waals surface area contributed by atoms with Crippen LogP contribution >= 0.6 is 0 Å². The number of carbonyl (C=O) groups is 1. The summed E-state index contributed by atoms with van der Waals surface area (Å²) in [4.78, 5) is 11.8. The zero-order valence-electron chi connectivity index (χ0n) is 11.9. The van der Waals surface area contributed by atoms with Crippen molar-refractivity contribution in [2.45, 2.75) is 65.3 Å². The molecule has 3 heteroatoms. The van der Waals surface area contributed by atoms with Crippen LogP contribution in [0.25, 0.3) is 0 Å². The largest absolute Gasteiger partial charge is 0.356 e. The van der Waals surface area contributed by atoms with Gasteiger partial charge in [-0.3, -0.25) is 4.79 Å². The summed E-state index contributed by atoms with van der Waals surface area (Å²) in [6.07, 6.45) is 5.34. The Morgan fingerprint density at radius 1 is 1.18 bits per heavy atom. The molecule has 0 bridgehead atoms. The lowest BCUT2D eigenvalue weighted by atomic mass is 10.0. The highest BCUT2D eigenvalue weighted by atomic mass is 16.2. The Kier molecular flexibility index (Phi) is 4.99. The maximum absolute atomic E-state index is 11.8. The van der Waals surface area contributed by atoms with Crippen LogP contribution in [0.3, 0.4) is 0 Å². The Balaban J connectivity index is 2.00. The molecule has 1 fully saturated rings. The standard InChI is InChI=1S/C14H28N2O/c1-5-14(8-9-14)12(17)15-10-6-7-11-16-13(2,3)4/h16H,5-11H2,1-4H3,(H,15,17). The van der Waals surface area contributed by atoms with Crippen LogP contribution in [0.2, 0.25) is 0 Å². The molecule has 0 aromatic heterocycles. The lowest BCUT2D eigenvalue weighted by Crippen LogP contribution is -2.37. The molecule has 0 aliphatic heterocycles. The molecule has 0 radical (unpaired) electrons. The fourth-order valence-electron chi connectivity index (χ4n) is 1.99. The predicted octanol–water partition coefficient (Wildman–Crippen LogP) is 2.46. The molecule has 1 aliphatic rings. The summed E-state index contributed by atoms with van der Waals surface area (Å²) in [6, 6.07) is 0. The van der Waals surface area contributed by atoms with Crippen LogP contribution in [0.1, 0.15) is 59.8 Å². The Bertz CT molecular complexity index is 251. The molecule has 2 N–H and O–H groups in total. The minimum atomic E-state index is 0.0175. The van der Waals surface area contributed by atoms with Crippen molar-refractivity contribution < 1.29 is 4.79 Å². The zero-order valence-corrected chi connectivity index (χ0v) is 11.9. The van der Waals surface area contributed by atoms with Crippen LogP contribution in [0.15, 0.2) is 0 Å². The lowest BCUT2D eigenvalue weighted by Gasteiger charge is -2.20. The van der Waals surface area contributed by atoms with E-state index in [4.69, 9.17) is 0 Å². The second-order valence-corrected chi connectivity index (χ2v) is 6.27. The van der Waals surface area contributed by atoms with Crippen molar-refractivity contribution >= 4 is 5.91 Å². The highest BCUT2D eigenvalue weighted by Gasteiger charge is 2.47. The van der Waals surface area contributed by atoms with Crippen LogP contribution in [-0.4, -0.2) is 24.5 Å². The number of nitrogens with one attached hydrogen (secondary N) is 2. The molecule has 0 saturated heterocycles. The van der Waals surface area contributed by atoms with E-state index < -0.39 is 0 Å². The summed E-state index contributed by atoms with van der Waals surface area (Å²) in [5.41, 5.74) is 0.215. The molecule has 1 amide bonds. The van der Waals surface area contributed by atoms with Crippen LogP contribution in [-0.2, 0) is 4.79 Å². The van der Waals surface area contributed by atoms with Crippen molar-refractivity contribution in [1.29, 1.82) is 0 Å². The van der Waals surface area contributed by atoms with Gasteiger partial charge in [-0.15, -0.1) is 0 Å². The summed E-state index contributed by atoms with van der Waals surface area (Å²) in [7, 11) is 0. The molecular weight excluding hydrogens is 212 g/mol. The quantitative estimate of drug-likeness (QED) is 0.671. The molecule has 1 aliphatic carbocycles. The number of hydrogen-bond acceptors (Lipinski definition) is 2. The molecule has 0 atom stereocenters. The minimum absolute atomic E-state index is 0.0175. The average molecular weight is 240 g/mol. The predicted molar refractivity (Wildman–Crippen MR) is 72.0 cm³/mol. The number of amides is 1. The van der Waals surface area contributed by atoms with Crippen molar-refractivity contribution in [3.63, 3.8) is 0 Å². The van der Waals surface area contributed by atoms with Gasteiger partial charge in [0.05, 0.1) is 0 Å². The molecule has 0 spiro atoms. The van der Waals surface area contributed by atoms with Gasteiger partial charge in [0.15, 0.2) is 0 Å². The summed E-state index contributed by atoms with van der Waals surface area (Å²) < 4.78 is 0. The average Bonchev–Trinajstić information content (AvgIpc) is 3.02. The van der Waals surface area contributed by atoms with Gasteiger partial charge in [0.1, 0.15) is 0 Å². The molecule has 17 heavy (non-hydrogen) atoms. The molecule has 0 heterocycles. The summed E-state index contributed by atoms with van der Waals surface area (Å²) in [5, 5.41) is 6.52. The topological polar surface area (TPSA) is 41.1 Å². The van der Waals surface area contributed by atoms with Crippen LogP contribution in [0, 0.1) is 5.41 Å². The normalized spacial score (nSPS) is 17.9. The van der Waals surface area contributed by atoms with Gasteiger partial charge < -0.3 is 10.6 Å². The van der Waals surface area contributed by atoms with Crippen LogP contribution in [0.4, 0.5) is 0 Å². The molecule has 0 aromatic rings. The molecule has 0 unspecified atom stereocenters. The molecule has 100 valence electrons. The third-order valence-electron chi connectivity index (χ3n) is 3.56. The van der Waals surface area contributed by atoms with Crippen LogP contribution < -0.4 is 10.6 Å². The van der Waals surface area contributed by atoms with E-state index in [9.17, 15) is 4.79 Å². The molecule has 1 saturated carbocycles. The zero-order chi connectivity index (χ0) is 12.9. The highest BCUT2D eigenvalue weighted by molar-refractivity contribution is 5.85. The molecular formula is C14H28N2O. The Morgan fingerprint density at radius 2 is 1.76 bits per heavy atom. The summed E-state index contributed by atoms with van der Waals surface area (Å²) in [5.74, 6) is 0.281. The van der Waals surface area contributed by atoms with Gasteiger partial charge in [-0.05, 0) is 59.4 Å². The van der Waals surface area contributed by atoms with E-state index in [-0.39, 0.29) is 16.9 Å². The van der Waals surface area contributed by atoms with Crippen molar-refractivity contribution in [1.82, 2.24) is 10.6 Å². The summed E-state index contributed by atoms with van der Waals surface area (Å²) >= 11 is 0. The third kappa shape index (κ3) is 5.07. The van der Waals surface area contributed by atoms with Gasteiger partial charge in [-0.2, -0.15) is 0 Å². The van der Waals surface area contributed by atoms with E-state index in [2.05, 4.69) is 38.3 Å². The Labute approximate surface area is 106 Å². The number of carbonyl (C=O) groups excluding carboxylic acids is 1. The second-order valence-electron chi connectivity index (χ2n) is 6.27. The number of rotatable bonds is 7. The van der Waals surface area contributed by atoms with E-state index in [0.29, 0.717) is 0 Å². The smallest absolute Gasteiger partial charge is 0.226 e. The van der Waals surface area contributed by atoms with Crippen molar-refractivity contribution in [2.75, 3.05) is 13.1 Å². The van der Waals surface area contributed by atoms with E-state index >= 15 is 0 Å². The van der Waals surface area contributed by atoms with Crippen molar-refractivity contribution in [3.05, 3.63) is 0 Å². The second kappa shape index (κ2) is 5.85. The van der Waals surface area contributed by atoms with E-state index in [1.54, 1.807) is 0 Å². The monoisotopic (exact) mass is 240 g/mol. The van der Waals surface area contributed by atoms with Gasteiger partial charge in [-0.25, -0.2) is 0 Å². The highest BCUT2D eigenvalue weighted by Crippen LogP contribution is 2.48. The first kappa shape index (κ1) is 14.5. The van der Waals surface area contributed by atoms with Gasteiger partial charge >= 0.3 is 0 Å². The maximum Gasteiger partial charge on any atom is 0.226 e. The molecule has 3 nitrogen and oxygen atoms in total. The summed E-state index contributed by atoms with van der Waals surface area (Å²) in [6.45, 7) is 10.5. The van der Waals surface area contributed by atoms with Gasteiger partial charge in [-0.1, -0.05) is 6.92 Å². The van der Waals surface area contributed by atoms with Gasteiger partial charge in [0, 0.05) is 17.5 Å². The third-order valence-corrected chi connectivity index (χ3v) is 3.56. The first-order chi connectivity index (χ1) is 7.90. The van der Waals surface area contributed by atoms with Gasteiger partial charge in [0.2, 0.25) is 5.91 Å². The van der Waals surface area contributed by atoms with Crippen LogP contribution in [0.5, 0.6) is 0 Å². The SMILES string of the molecule is CCC1(C(=O)NCCCCNC(C)(C)C)CC1. The fourth-order valence-corrected chi connectivity index (χ4v) is 1.99. The van der Waals surface area contributed by atoms with E-state index in [0.717, 1.165) is 45.2 Å². The fraction of sp³-hybridized carbons (Fsp3) is 0.929. The van der Waals surface area contributed by atoms with Crippen molar-refractivity contribution in [3.8, 4) is 0 Å². The lowest BCUT2D eigenvalue weighted by molar-refractivity contribution is -0.126. The van der Waals surface area contributed by atoms with E-state index in [1.807, 2.05) is 0 Å². The number of unbranched alkanes of at least 4 members (excludes halogenated alkanes) is 1. The minimum Gasteiger partial charge on any atom is -0.356 e. The Morgan fingerprint density at radius 3 is 2.24 bits per heavy atom. The maximum atomic E-state index is 11.8. The number of hydrogen-bond donors (Lipinski definition) is 2. The Hall–Kier alpha value is -0.570. The van der Waals surface area contributed by atoms with Crippen molar-refractivity contribution in [2.24, 2.45) is 5.41 Å².